The number of carbonyl (C=O) groups is 1. The third-order valence-electron chi connectivity index (χ3n) is 3.07. The van der Waals surface area contributed by atoms with E-state index in [0.717, 1.165) is 16.5 Å². The number of hydrogen-bond donors (Lipinski definition) is 1. The Labute approximate surface area is 101 Å². The van der Waals surface area contributed by atoms with Crippen LogP contribution in [0.15, 0.2) is 18.3 Å². The van der Waals surface area contributed by atoms with Crippen molar-refractivity contribution in [1.82, 2.24) is 9.88 Å². The van der Waals surface area contributed by atoms with Crippen LogP contribution in [0.3, 0.4) is 0 Å². The first-order valence-electron chi connectivity index (χ1n) is 5.78. The molecule has 0 saturated heterocycles. The van der Waals surface area contributed by atoms with Gasteiger partial charge >= 0.3 is 0 Å². The minimum absolute atomic E-state index is 0.144. The molecule has 0 aliphatic carbocycles. The minimum atomic E-state index is 0.144. The maximum Gasteiger partial charge on any atom is 0.178 e. The maximum absolute atomic E-state index is 12.0. The number of fused-ring (bicyclic) bond motifs is 1. The molecule has 1 N–H and O–H groups in total. The van der Waals surface area contributed by atoms with Crippen molar-refractivity contribution in [2.24, 2.45) is 7.05 Å². The Morgan fingerprint density at radius 1 is 1.35 bits per heavy atom. The molecule has 0 radical (unpaired) electrons. The Morgan fingerprint density at radius 3 is 2.71 bits per heavy atom. The largest absolute Gasteiger partial charge is 0.350 e. The van der Waals surface area contributed by atoms with E-state index in [1.54, 1.807) is 7.05 Å². The molecule has 0 aliphatic heterocycles. The zero-order valence-electron chi connectivity index (χ0n) is 10.8. The lowest BCUT2D eigenvalue weighted by Crippen LogP contribution is -2.18. The number of ketones is 1. The second kappa shape index (κ2) is 4.34. The third kappa shape index (κ3) is 1.98. The summed E-state index contributed by atoms with van der Waals surface area (Å²) in [6, 6.07) is 4.25. The predicted molar refractivity (Wildman–Crippen MR) is 70.7 cm³/mol. The van der Waals surface area contributed by atoms with E-state index < -0.39 is 0 Å². The first-order chi connectivity index (χ1) is 8.04. The number of likely N-dealkylation sites (N-methyl/N-ethyl adjacent to an activating group) is 1. The molecule has 90 valence electrons. The molecule has 1 aromatic carbocycles. The summed E-state index contributed by atoms with van der Waals surface area (Å²) in [5, 5.41) is 3.99. The molecule has 0 amide bonds. The predicted octanol–water partition coefficient (Wildman–Crippen LogP) is 2.20. The molecule has 0 atom stereocenters. The molecule has 0 unspecified atom stereocenters. The van der Waals surface area contributed by atoms with E-state index in [4.69, 9.17) is 0 Å². The van der Waals surface area contributed by atoms with Gasteiger partial charge < -0.3 is 9.88 Å². The Bertz CT molecular complexity index is 581. The zero-order chi connectivity index (χ0) is 12.6. The van der Waals surface area contributed by atoms with Crippen molar-refractivity contribution in [1.29, 1.82) is 0 Å². The van der Waals surface area contributed by atoms with Crippen LogP contribution in [-0.4, -0.2) is 23.9 Å². The van der Waals surface area contributed by atoms with Crippen LogP contribution in [0.1, 0.15) is 21.5 Å². The number of benzene rings is 1. The lowest BCUT2D eigenvalue weighted by molar-refractivity contribution is 0.0995. The van der Waals surface area contributed by atoms with Gasteiger partial charge in [0.1, 0.15) is 0 Å². The fraction of sp³-hybridized carbons (Fsp3) is 0.357. The fourth-order valence-corrected chi connectivity index (χ4v) is 2.37. The van der Waals surface area contributed by atoms with Gasteiger partial charge in [-0.3, -0.25) is 4.79 Å². The molecule has 0 fully saturated rings. The second-order valence-corrected chi connectivity index (χ2v) is 4.58. The molecular weight excluding hydrogens is 212 g/mol. The summed E-state index contributed by atoms with van der Waals surface area (Å²) in [7, 11) is 3.78. The molecule has 0 spiro atoms. The van der Waals surface area contributed by atoms with Crippen molar-refractivity contribution >= 4 is 16.7 Å². The summed E-state index contributed by atoms with van der Waals surface area (Å²) in [6.07, 6.45) is 1.93. The Hall–Kier alpha value is -1.61. The monoisotopic (exact) mass is 230 g/mol. The number of aryl methyl sites for hydroxylation is 3. The molecule has 1 aromatic heterocycles. The van der Waals surface area contributed by atoms with Crippen LogP contribution < -0.4 is 5.32 Å². The van der Waals surface area contributed by atoms with Crippen molar-refractivity contribution in [2.75, 3.05) is 13.6 Å². The van der Waals surface area contributed by atoms with E-state index in [9.17, 15) is 4.79 Å². The van der Waals surface area contributed by atoms with Gasteiger partial charge in [-0.15, -0.1) is 0 Å². The number of Topliss-reactive ketones (excluding diaryl/α,β-unsaturated/α-hetero) is 1. The van der Waals surface area contributed by atoms with Crippen LogP contribution >= 0.6 is 0 Å². The van der Waals surface area contributed by atoms with Gasteiger partial charge in [-0.2, -0.15) is 0 Å². The van der Waals surface area contributed by atoms with Gasteiger partial charge in [-0.1, -0.05) is 6.07 Å². The Kier molecular flexibility index (Phi) is 3.03. The van der Waals surface area contributed by atoms with Gasteiger partial charge in [-0.05, 0) is 38.1 Å². The van der Waals surface area contributed by atoms with Crippen LogP contribution in [0, 0.1) is 13.8 Å². The van der Waals surface area contributed by atoms with Gasteiger partial charge in [0.2, 0.25) is 0 Å². The molecule has 2 rings (SSSR count). The molecule has 0 bridgehead atoms. The Balaban J connectivity index is 2.70. The minimum Gasteiger partial charge on any atom is -0.350 e. The molecule has 0 saturated carbocycles. The van der Waals surface area contributed by atoms with Crippen molar-refractivity contribution in [2.45, 2.75) is 13.8 Å². The van der Waals surface area contributed by atoms with Crippen LogP contribution in [0.2, 0.25) is 0 Å². The van der Waals surface area contributed by atoms with Gasteiger partial charge in [0.05, 0.1) is 6.54 Å². The van der Waals surface area contributed by atoms with Crippen molar-refractivity contribution < 1.29 is 4.79 Å². The average molecular weight is 230 g/mol. The number of rotatable bonds is 3. The quantitative estimate of drug-likeness (QED) is 0.820. The molecular formula is C14H18N2O. The maximum atomic E-state index is 12.0. The first-order valence-corrected chi connectivity index (χ1v) is 5.78. The standard InChI is InChI=1S/C14H18N2O/c1-9-5-10(2)14-11(13(17)7-15-3)8-16(4)12(14)6-9/h5-6,8,15H,7H2,1-4H3. The lowest BCUT2D eigenvalue weighted by Gasteiger charge is -2.03. The van der Waals surface area contributed by atoms with E-state index in [-0.39, 0.29) is 5.78 Å². The van der Waals surface area contributed by atoms with Crippen LogP contribution in [0.25, 0.3) is 10.9 Å². The van der Waals surface area contributed by atoms with Crippen LogP contribution in [0.4, 0.5) is 0 Å². The summed E-state index contributed by atoms with van der Waals surface area (Å²) in [4.78, 5) is 12.0. The fourth-order valence-electron chi connectivity index (χ4n) is 2.37. The van der Waals surface area contributed by atoms with E-state index in [2.05, 4.69) is 31.3 Å². The van der Waals surface area contributed by atoms with Crippen molar-refractivity contribution in [3.05, 3.63) is 35.0 Å². The van der Waals surface area contributed by atoms with Crippen molar-refractivity contribution in [3.63, 3.8) is 0 Å². The number of nitrogens with one attached hydrogen (secondary N) is 1. The summed E-state index contributed by atoms with van der Waals surface area (Å²) >= 11 is 0. The van der Waals surface area contributed by atoms with Crippen LogP contribution in [0.5, 0.6) is 0 Å². The highest BCUT2D eigenvalue weighted by atomic mass is 16.1. The summed E-state index contributed by atoms with van der Waals surface area (Å²) < 4.78 is 2.03. The number of aromatic nitrogens is 1. The zero-order valence-corrected chi connectivity index (χ0v) is 10.8. The first kappa shape index (κ1) is 11.9. The second-order valence-electron chi connectivity index (χ2n) is 4.58. The SMILES string of the molecule is CNCC(=O)c1cn(C)c2cc(C)cc(C)c12. The summed E-state index contributed by atoms with van der Waals surface area (Å²) in [5.41, 5.74) is 4.33. The molecule has 3 nitrogen and oxygen atoms in total. The normalized spacial score (nSPS) is 11.1. The van der Waals surface area contributed by atoms with E-state index >= 15 is 0 Å². The smallest absolute Gasteiger partial charge is 0.178 e. The highest BCUT2D eigenvalue weighted by molar-refractivity contribution is 6.10. The molecule has 3 heteroatoms. The number of nitrogens with zero attached hydrogens (tertiary/aromatic N) is 1. The number of hydrogen-bond acceptors (Lipinski definition) is 2. The highest BCUT2D eigenvalue weighted by Gasteiger charge is 2.15. The third-order valence-corrected chi connectivity index (χ3v) is 3.07. The summed E-state index contributed by atoms with van der Waals surface area (Å²) in [5.74, 6) is 0.144. The average Bonchev–Trinajstić information content (AvgIpc) is 2.57. The molecule has 2 aromatic rings. The topological polar surface area (TPSA) is 34.0 Å². The summed E-state index contributed by atoms with van der Waals surface area (Å²) in [6.45, 7) is 4.52. The van der Waals surface area contributed by atoms with Crippen molar-refractivity contribution in [3.8, 4) is 0 Å². The van der Waals surface area contributed by atoms with E-state index in [1.165, 1.54) is 11.1 Å². The lowest BCUT2D eigenvalue weighted by atomic mass is 10.0. The number of carbonyl (C=O) groups excluding carboxylic acids is 1. The van der Waals surface area contributed by atoms with E-state index in [0.29, 0.717) is 6.54 Å². The molecule has 17 heavy (non-hydrogen) atoms. The van der Waals surface area contributed by atoms with Gasteiger partial charge in [-0.25, -0.2) is 0 Å². The highest BCUT2D eigenvalue weighted by Crippen LogP contribution is 2.26. The molecule has 1 heterocycles. The van der Waals surface area contributed by atoms with Gasteiger partial charge in [0, 0.05) is 29.7 Å². The van der Waals surface area contributed by atoms with Gasteiger partial charge in [0.25, 0.3) is 0 Å². The van der Waals surface area contributed by atoms with E-state index in [1.807, 2.05) is 17.8 Å². The Morgan fingerprint density at radius 2 is 2.06 bits per heavy atom. The van der Waals surface area contributed by atoms with Crippen LogP contribution in [-0.2, 0) is 7.05 Å². The molecule has 0 aliphatic rings. The van der Waals surface area contributed by atoms with Gasteiger partial charge in [0.15, 0.2) is 5.78 Å².